The van der Waals surface area contributed by atoms with Crippen molar-refractivity contribution in [1.82, 2.24) is 20.0 Å². The first-order valence-electron chi connectivity index (χ1n) is 28.7. The Morgan fingerprint density at radius 3 is 0.826 bits per heavy atom. The number of carbonyl (C=O) groups excluding carboxylic acids is 10. The van der Waals surface area contributed by atoms with E-state index < -0.39 is 59.6 Å². The molecule has 0 heterocycles. The van der Waals surface area contributed by atoms with E-state index in [0.717, 1.165) is 11.8 Å². The van der Waals surface area contributed by atoms with E-state index in [4.69, 9.17) is 52.6 Å². The highest BCUT2D eigenvalue weighted by atomic mass is 32.2. The number of rotatable bonds is 54. The molecule has 1 N–H and O–H groups in total. The van der Waals surface area contributed by atoms with Crippen LogP contribution in [0.2, 0.25) is 0 Å². The summed E-state index contributed by atoms with van der Waals surface area (Å²) in [6.07, 6.45) is 7.22. The standard InChI is InChI=1S/C56H95N5O20S5/c1-42(36-82-6)52(67)77-31-26-72-47(62)10-15-58-16-21-61(24-22-59(17-11-48(63)73-27-32-78-53(68)43(2)37-83-7)18-12-49(64)74-28-33-79-54(69)44(3)38-84-8)25-23-60(19-13-50(65)75-29-34-80-55(70)45(4)39-85-9)20-14-51(66)76-30-35-81-56(71)46(5)40-86-41-57/h42-46,58H,10-40H2,1-9H3. The van der Waals surface area contributed by atoms with Crippen molar-refractivity contribution in [2.45, 2.75) is 66.7 Å². The molecule has 0 aromatic rings. The average molecular weight is 1320 g/mol. The molecule has 0 radical (unpaired) electrons. The van der Waals surface area contributed by atoms with Crippen molar-refractivity contribution in [2.24, 2.45) is 29.6 Å². The summed E-state index contributed by atoms with van der Waals surface area (Å²) in [5.41, 5.74) is 0. The fourth-order valence-electron chi connectivity index (χ4n) is 7.19. The third kappa shape index (κ3) is 45.1. The van der Waals surface area contributed by atoms with Gasteiger partial charge in [0.2, 0.25) is 0 Å². The number of hydrogen-bond acceptors (Lipinski definition) is 30. The first kappa shape index (κ1) is 81.8. The fraction of sp³-hybridized carbons (Fsp3) is 0.804. The van der Waals surface area contributed by atoms with E-state index >= 15 is 0 Å². The van der Waals surface area contributed by atoms with Gasteiger partial charge in [0.05, 0.1) is 61.7 Å². The van der Waals surface area contributed by atoms with Gasteiger partial charge in [-0.1, -0.05) is 34.6 Å². The average Bonchev–Trinajstić information content (AvgIpc) is 3.55. The van der Waals surface area contributed by atoms with Gasteiger partial charge in [-0.05, 0) is 36.8 Å². The molecule has 0 aliphatic rings. The van der Waals surface area contributed by atoms with Crippen molar-refractivity contribution < 1.29 is 95.3 Å². The van der Waals surface area contributed by atoms with Crippen LogP contribution in [0.4, 0.5) is 0 Å². The monoisotopic (exact) mass is 1320 g/mol. The van der Waals surface area contributed by atoms with E-state index in [1.807, 2.05) is 40.2 Å². The number of hydrogen-bond donors (Lipinski definition) is 1. The van der Waals surface area contributed by atoms with Crippen LogP contribution in [0.25, 0.3) is 0 Å². The summed E-state index contributed by atoms with van der Waals surface area (Å²) in [5, 5.41) is 14.0. The Balaban J connectivity index is 6.35. The van der Waals surface area contributed by atoms with Gasteiger partial charge in [0.15, 0.2) is 0 Å². The largest absolute Gasteiger partial charge is 0.462 e. The molecule has 0 saturated heterocycles. The Hall–Kier alpha value is -4.22. The number of nitrogens with zero attached hydrogens (tertiary/aromatic N) is 4. The van der Waals surface area contributed by atoms with Crippen molar-refractivity contribution >= 4 is 119 Å². The number of ether oxygens (including phenoxy) is 10. The summed E-state index contributed by atoms with van der Waals surface area (Å²) in [6.45, 7) is 10.4. The minimum atomic E-state index is -0.586. The molecule has 0 bridgehead atoms. The van der Waals surface area contributed by atoms with Gasteiger partial charge in [-0.3, -0.25) is 52.8 Å². The topological polar surface area (TPSA) is 309 Å². The number of nitrogens with one attached hydrogen (secondary N) is 1. The highest BCUT2D eigenvalue weighted by Crippen LogP contribution is 2.12. The van der Waals surface area contributed by atoms with Crippen LogP contribution in [-0.2, 0) is 95.3 Å². The van der Waals surface area contributed by atoms with E-state index in [9.17, 15) is 47.9 Å². The maximum Gasteiger partial charge on any atom is 0.309 e. The first-order chi connectivity index (χ1) is 41.2. The van der Waals surface area contributed by atoms with Crippen LogP contribution < -0.4 is 5.32 Å². The molecule has 0 aliphatic carbocycles. The van der Waals surface area contributed by atoms with Crippen molar-refractivity contribution in [1.29, 1.82) is 5.26 Å². The van der Waals surface area contributed by atoms with Gasteiger partial charge in [0.25, 0.3) is 0 Å². The Bertz CT molecular complexity index is 1970. The van der Waals surface area contributed by atoms with Gasteiger partial charge in [-0.25, -0.2) is 0 Å². The van der Waals surface area contributed by atoms with Crippen LogP contribution in [0, 0.1) is 40.3 Å². The van der Waals surface area contributed by atoms with E-state index in [-0.39, 0.29) is 166 Å². The smallest absolute Gasteiger partial charge is 0.309 e. The van der Waals surface area contributed by atoms with E-state index in [1.54, 1.807) is 34.6 Å². The van der Waals surface area contributed by atoms with Crippen molar-refractivity contribution in [3.8, 4) is 5.40 Å². The molecule has 25 nitrogen and oxygen atoms in total. The molecule has 0 saturated carbocycles. The van der Waals surface area contributed by atoms with Crippen molar-refractivity contribution in [3.63, 3.8) is 0 Å². The summed E-state index contributed by atoms with van der Waals surface area (Å²) < 4.78 is 52.9. The molecule has 0 fully saturated rings. The normalized spacial score (nSPS) is 12.9. The molecular formula is C56H95N5O20S5. The molecule has 0 rings (SSSR count). The van der Waals surface area contributed by atoms with Gasteiger partial charge in [0, 0.05) is 101 Å². The molecule has 30 heteroatoms. The molecule has 5 unspecified atom stereocenters. The van der Waals surface area contributed by atoms with E-state index in [0.29, 0.717) is 62.3 Å². The number of thioether (sulfide) groups is 5. The quantitative estimate of drug-likeness (QED) is 0.0393. The highest BCUT2D eigenvalue weighted by molar-refractivity contribution is 8.03. The van der Waals surface area contributed by atoms with E-state index in [2.05, 4.69) is 10.2 Å². The third-order valence-electron chi connectivity index (χ3n) is 12.1. The lowest BCUT2D eigenvalue weighted by Crippen LogP contribution is -2.44. The summed E-state index contributed by atoms with van der Waals surface area (Å²) in [5.74, 6) is -4.05. The Morgan fingerprint density at radius 2 is 0.570 bits per heavy atom. The highest BCUT2D eigenvalue weighted by Gasteiger charge is 2.22. The van der Waals surface area contributed by atoms with Gasteiger partial charge in [-0.2, -0.15) is 52.3 Å². The van der Waals surface area contributed by atoms with Gasteiger partial charge in [0.1, 0.15) is 71.5 Å². The Morgan fingerprint density at radius 1 is 0.337 bits per heavy atom. The molecule has 0 spiro atoms. The second-order valence-corrected chi connectivity index (χ2v) is 24.1. The third-order valence-corrected chi connectivity index (χ3v) is 16.3. The van der Waals surface area contributed by atoms with E-state index in [1.165, 1.54) is 47.0 Å². The van der Waals surface area contributed by atoms with Crippen molar-refractivity contribution in [2.75, 3.05) is 192 Å². The maximum absolute atomic E-state index is 13.0. The molecule has 5 atom stereocenters. The van der Waals surface area contributed by atoms with Gasteiger partial charge >= 0.3 is 59.7 Å². The number of esters is 10. The molecule has 0 aromatic carbocycles. The zero-order valence-electron chi connectivity index (χ0n) is 51.8. The molecule has 0 amide bonds. The van der Waals surface area contributed by atoms with Crippen LogP contribution >= 0.6 is 58.8 Å². The summed E-state index contributed by atoms with van der Waals surface area (Å²) >= 11 is 6.97. The number of carbonyl (C=O) groups is 10. The predicted molar refractivity (Wildman–Crippen MR) is 332 cm³/mol. The second kappa shape index (κ2) is 53.8. The minimum absolute atomic E-state index is 0.0263. The molecule has 0 aliphatic heterocycles. The van der Waals surface area contributed by atoms with Crippen LogP contribution in [0.3, 0.4) is 0 Å². The summed E-state index contributed by atoms with van der Waals surface area (Å²) in [4.78, 5) is 132. The van der Waals surface area contributed by atoms with Crippen LogP contribution in [0.15, 0.2) is 0 Å². The van der Waals surface area contributed by atoms with Gasteiger partial charge in [-0.15, -0.1) is 0 Å². The first-order valence-corrected chi connectivity index (χ1v) is 35.2. The predicted octanol–water partition coefficient (Wildman–Crippen LogP) is 3.71. The number of nitriles is 1. The lowest BCUT2D eigenvalue weighted by molar-refractivity contribution is -0.154. The van der Waals surface area contributed by atoms with Crippen LogP contribution in [-0.4, -0.2) is 266 Å². The Kier molecular flexibility index (Phi) is 51.1. The zero-order chi connectivity index (χ0) is 64.3. The number of thiocyanates is 1. The SMILES string of the molecule is CSCC(C)C(=O)OCCOC(=O)CCNCCN(CCN(CCC(=O)OCCOC(=O)C(C)CSC)CCC(=O)OCCOC(=O)C(C)CSC)CCN(CCC(=O)OCCOC(=O)C(C)CSC)CCC(=O)OCCOC(=O)C(C)CSC#N. The van der Waals surface area contributed by atoms with Crippen LogP contribution in [0.1, 0.15) is 66.7 Å². The van der Waals surface area contributed by atoms with Crippen molar-refractivity contribution in [3.05, 3.63) is 0 Å². The lowest BCUT2D eigenvalue weighted by Gasteiger charge is -2.30. The fourth-order valence-corrected chi connectivity index (χ4v) is 10.2. The zero-order valence-corrected chi connectivity index (χ0v) is 55.9. The Labute approximate surface area is 529 Å². The minimum Gasteiger partial charge on any atom is -0.462 e. The summed E-state index contributed by atoms with van der Waals surface area (Å²) in [7, 11) is 0. The summed E-state index contributed by atoms with van der Waals surface area (Å²) in [6, 6.07) is 0. The maximum atomic E-state index is 13.0. The second-order valence-electron chi connectivity index (χ2n) is 19.7. The molecule has 494 valence electrons. The molecular weight excluding hydrogens is 1220 g/mol. The van der Waals surface area contributed by atoms with Gasteiger partial charge < -0.3 is 62.5 Å². The molecule has 86 heavy (non-hydrogen) atoms. The molecule has 0 aromatic heterocycles. The lowest BCUT2D eigenvalue weighted by atomic mass is 10.2. The van der Waals surface area contributed by atoms with Crippen LogP contribution in [0.5, 0.6) is 0 Å².